The molecule has 0 N–H and O–H groups in total. The van der Waals surface area contributed by atoms with Crippen LogP contribution in [-0.4, -0.2) is 25.5 Å². The number of hydrogen-bond donors (Lipinski definition) is 0. The van der Waals surface area contributed by atoms with Crippen LogP contribution in [0.15, 0.2) is 60.7 Å². The Bertz CT molecular complexity index is 695. The third-order valence-corrected chi connectivity index (χ3v) is 4.04. The van der Waals surface area contributed by atoms with Crippen molar-refractivity contribution in [1.29, 1.82) is 10.5 Å². The van der Waals surface area contributed by atoms with Crippen LogP contribution in [0.1, 0.15) is 23.5 Å². The van der Waals surface area contributed by atoms with E-state index in [1.54, 1.807) is 0 Å². The van der Waals surface area contributed by atoms with Crippen LogP contribution in [0.2, 0.25) is 0 Å². The minimum atomic E-state index is -0.707. The van der Waals surface area contributed by atoms with Gasteiger partial charge in [0.15, 0.2) is 0 Å². The van der Waals surface area contributed by atoms with E-state index >= 15 is 0 Å². The second kappa shape index (κ2) is 7.58. The summed E-state index contributed by atoms with van der Waals surface area (Å²) in [7, 11) is 3.91. The normalized spacial score (nSPS) is 14.5. The van der Waals surface area contributed by atoms with Crippen molar-refractivity contribution in [3.8, 4) is 12.1 Å². The predicted octanol–water partition coefficient (Wildman–Crippen LogP) is 3.71. The summed E-state index contributed by atoms with van der Waals surface area (Å²) in [6.45, 7) is 0.582. The number of hydrogen-bond acceptors (Lipinski definition) is 3. The number of nitrogens with zero attached hydrogens (tertiary/aromatic N) is 3. The SMILES string of the molecule is CN(C)C[C@@](C#N)(C[C@H](C#N)c1ccccc1)c1ccccc1. The average molecular weight is 303 g/mol. The molecule has 0 aliphatic carbocycles. The summed E-state index contributed by atoms with van der Waals surface area (Å²) in [5.41, 5.74) is 1.22. The van der Waals surface area contributed by atoms with Crippen molar-refractivity contribution in [3.05, 3.63) is 71.8 Å². The summed E-state index contributed by atoms with van der Waals surface area (Å²) in [6.07, 6.45) is 0.478. The molecule has 0 bridgehead atoms. The first-order valence-electron chi connectivity index (χ1n) is 7.67. The van der Waals surface area contributed by atoms with E-state index in [4.69, 9.17) is 0 Å². The topological polar surface area (TPSA) is 50.8 Å². The van der Waals surface area contributed by atoms with Gasteiger partial charge < -0.3 is 4.90 Å². The van der Waals surface area contributed by atoms with Gasteiger partial charge in [-0.25, -0.2) is 0 Å². The zero-order valence-corrected chi connectivity index (χ0v) is 13.6. The lowest BCUT2D eigenvalue weighted by Crippen LogP contribution is -2.38. The van der Waals surface area contributed by atoms with Crippen LogP contribution in [0.4, 0.5) is 0 Å². The zero-order valence-electron chi connectivity index (χ0n) is 13.6. The van der Waals surface area contributed by atoms with E-state index in [2.05, 4.69) is 12.1 Å². The fraction of sp³-hybridized carbons (Fsp3) is 0.300. The Morgan fingerprint density at radius 1 is 0.957 bits per heavy atom. The van der Waals surface area contributed by atoms with Gasteiger partial charge in [0.1, 0.15) is 0 Å². The Labute approximate surface area is 138 Å². The van der Waals surface area contributed by atoms with E-state index in [1.807, 2.05) is 79.7 Å². The molecule has 0 saturated carbocycles. The van der Waals surface area contributed by atoms with Crippen LogP contribution in [0.3, 0.4) is 0 Å². The summed E-state index contributed by atoms with van der Waals surface area (Å²) in [4.78, 5) is 2.01. The Hall–Kier alpha value is -2.62. The van der Waals surface area contributed by atoms with Gasteiger partial charge in [-0.3, -0.25) is 0 Å². The maximum atomic E-state index is 9.98. The molecule has 0 fully saturated rings. The standard InChI is InChI=1S/C20H21N3/c1-23(2)16-20(15-22,19-11-7-4-8-12-19)13-18(14-21)17-9-5-3-6-10-17/h3-12,18H,13,16H2,1-2H3/t18-,20+/m1/s1. The first kappa shape index (κ1) is 16.7. The maximum Gasteiger partial charge on any atom is 0.0964 e. The van der Waals surface area contributed by atoms with Gasteiger partial charge in [0.05, 0.1) is 23.5 Å². The molecule has 0 radical (unpaired) electrons. The minimum absolute atomic E-state index is 0.309. The fourth-order valence-electron chi connectivity index (χ4n) is 2.99. The molecule has 0 saturated heterocycles. The lowest BCUT2D eigenvalue weighted by atomic mass is 9.73. The van der Waals surface area contributed by atoms with E-state index in [9.17, 15) is 10.5 Å². The van der Waals surface area contributed by atoms with E-state index in [1.165, 1.54) is 0 Å². The monoisotopic (exact) mass is 303 g/mol. The molecule has 0 spiro atoms. The van der Waals surface area contributed by atoms with Crippen molar-refractivity contribution in [1.82, 2.24) is 4.90 Å². The van der Waals surface area contributed by atoms with Crippen LogP contribution in [0.5, 0.6) is 0 Å². The van der Waals surface area contributed by atoms with Crippen molar-refractivity contribution in [3.63, 3.8) is 0 Å². The molecule has 3 nitrogen and oxygen atoms in total. The average Bonchev–Trinajstić information content (AvgIpc) is 2.60. The summed E-state index contributed by atoms with van der Waals surface area (Å²) in [5, 5.41) is 19.6. The molecule has 116 valence electrons. The molecule has 0 aromatic heterocycles. The fourth-order valence-corrected chi connectivity index (χ4v) is 2.99. The Morgan fingerprint density at radius 3 is 2.00 bits per heavy atom. The molecule has 0 unspecified atom stereocenters. The maximum absolute atomic E-state index is 9.98. The lowest BCUT2D eigenvalue weighted by molar-refractivity contribution is 0.310. The third-order valence-electron chi connectivity index (χ3n) is 4.04. The van der Waals surface area contributed by atoms with Gasteiger partial charge in [-0.1, -0.05) is 60.7 Å². The van der Waals surface area contributed by atoms with Crippen LogP contribution < -0.4 is 0 Å². The van der Waals surface area contributed by atoms with E-state index in [-0.39, 0.29) is 5.92 Å². The third kappa shape index (κ3) is 3.97. The Morgan fingerprint density at radius 2 is 1.52 bits per heavy atom. The molecule has 2 aromatic carbocycles. The van der Waals surface area contributed by atoms with Gasteiger partial charge in [-0.15, -0.1) is 0 Å². The van der Waals surface area contributed by atoms with Crippen LogP contribution in [-0.2, 0) is 5.41 Å². The number of likely N-dealkylation sites (N-methyl/N-ethyl adjacent to an activating group) is 1. The van der Waals surface area contributed by atoms with Gasteiger partial charge in [0, 0.05) is 6.54 Å². The highest BCUT2D eigenvalue weighted by Gasteiger charge is 2.36. The molecule has 0 aliphatic heterocycles. The highest BCUT2D eigenvalue weighted by atomic mass is 15.1. The van der Waals surface area contributed by atoms with Crippen molar-refractivity contribution in [2.45, 2.75) is 17.8 Å². The molecule has 23 heavy (non-hydrogen) atoms. The largest absolute Gasteiger partial charge is 0.307 e. The van der Waals surface area contributed by atoms with E-state index in [0.29, 0.717) is 13.0 Å². The summed E-state index contributed by atoms with van der Waals surface area (Å²) in [6, 6.07) is 24.4. The van der Waals surface area contributed by atoms with Crippen molar-refractivity contribution >= 4 is 0 Å². The summed E-state index contributed by atoms with van der Waals surface area (Å²) in [5.74, 6) is -0.309. The van der Waals surface area contributed by atoms with Gasteiger partial charge in [-0.05, 0) is 31.6 Å². The van der Waals surface area contributed by atoms with E-state index < -0.39 is 5.41 Å². The Balaban J connectivity index is 2.42. The molecular weight excluding hydrogens is 282 g/mol. The first-order valence-corrected chi connectivity index (χ1v) is 7.67. The van der Waals surface area contributed by atoms with Crippen LogP contribution >= 0.6 is 0 Å². The van der Waals surface area contributed by atoms with Crippen molar-refractivity contribution < 1.29 is 0 Å². The van der Waals surface area contributed by atoms with Crippen molar-refractivity contribution in [2.24, 2.45) is 0 Å². The summed E-state index contributed by atoms with van der Waals surface area (Å²) < 4.78 is 0. The first-order chi connectivity index (χ1) is 11.1. The molecule has 3 heteroatoms. The molecule has 0 heterocycles. The van der Waals surface area contributed by atoms with Crippen molar-refractivity contribution in [2.75, 3.05) is 20.6 Å². The molecular formula is C20H21N3. The highest BCUT2D eigenvalue weighted by molar-refractivity contribution is 5.36. The zero-order chi connectivity index (χ0) is 16.7. The quantitative estimate of drug-likeness (QED) is 0.817. The number of rotatable bonds is 6. The van der Waals surface area contributed by atoms with Gasteiger partial charge in [-0.2, -0.15) is 10.5 Å². The molecule has 0 amide bonds. The van der Waals surface area contributed by atoms with Crippen LogP contribution in [0, 0.1) is 22.7 Å². The number of benzene rings is 2. The second-order valence-corrected chi connectivity index (χ2v) is 6.09. The molecule has 2 rings (SSSR count). The highest BCUT2D eigenvalue weighted by Crippen LogP contribution is 2.35. The van der Waals surface area contributed by atoms with Gasteiger partial charge in [0.25, 0.3) is 0 Å². The van der Waals surface area contributed by atoms with Gasteiger partial charge in [0.2, 0.25) is 0 Å². The summed E-state index contributed by atoms with van der Waals surface area (Å²) >= 11 is 0. The lowest BCUT2D eigenvalue weighted by Gasteiger charge is -2.32. The molecule has 2 aromatic rings. The smallest absolute Gasteiger partial charge is 0.0964 e. The second-order valence-electron chi connectivity index (χ2n) is 6.09. The van der Waals surface area contributed by atoms with Crippen LogP contribution in [0.25, 0.3) is 0 Å². The molecule has 2 atom stereocenters. The molecule has 0 aliphatic rings. The number of nitriles is 2. The van der Waals surface area contributed by atoms with Gasteiger partial charge >= 0.3 is 0 Å². The minimum Gasteiger partial charge on any atom is -0.307 e. The Kier molecular flexibility index (Phi) is 5.52. The van der Waals surface area contributed by atoms with E-state index in [0.717, 1.165) is 11.1 Å². The predicted molar refractivity (Wildman–Crippen MR) is 91.7 cm³/mol.